The fraction of sp³-hybridized carbons (Fsp3) is 0.0870. The maximum Gasteiger partial charge on any atom is 0.0734 e. The number of para-hydroxylation sites is 2. The molecule has 0 bridgehead atoms. The quantitative estimate of drug-likeness (QED) is 0.436. The van der Waals surface area contributed by atoms with Crippen LogP contribution in [0.2, 0.25) is 0 Å². The molecule has 1 heterocycles. The first-order valence-electron chi connectivity index (χ1n) is 8.40. The number of fused-ring (bicyclic) bond motifs is 2. The third-order valence-electron chi connectivity index (χ3n) is 4.43. The summed E-state index contributed by atoms with van der Waals surface area (Å²) in [5, 5.41) is 2.31. The highest BCUT2D eigenvalue weighted by atomic mass is 16.5. The molecule has 25 heavy (non-hydrogen) atoms. The van der Waals surface area contributed by atoms with Crippen LogP contribution in [0, 0.1) is 0 Å². The van der Waals surface area contributed by atoms with Crippen LogP contribution in [0.3, 0.4) is 0 Å². The Bertz CT molecular complexity index is 981. The molecule has 0 N–H and O–H groups in total. The minimum atomic E-state index is 0.562. The lowest BCUT2D eigenvalue weighted by molar-refractivity contribution is 0.109. The molecule has 2 heteroatoms. The van der Waals surface area contributed by atoms with Crippen LogP contribution in [0.5, 0.6) is 0 Å². The van der Waals surface area contributed by atoms with Crippen molar-refractivity contribution >= 4 is 27.9 Å². The van der Waals surface area contributed by atoms with Crippen LogP contribution in [-0.2, 0) is 18.0 Å². The number of rotatable bonds is 5. The Hall–Kier alpha value is -2.97. The van der Waals surface area contributed by atoms with Gasteiger partial charge >= 0.3 is 0 Å². The van der Waals surface area contributed by atoms with E-state index in [1.807, 2.05) is 18.2 Å². The zero-order valence-electron chi connectivity index (χ0n) is 14.0. The van der Waals surface area contributed by atoms with Gasteiger partial charge in [0.1, 0.15) is 0 Å². The van der Waals surface area contributed by atoms with Gasteiger partial charge in [-0.3, -0.25) is 0 Å². The molecule has 122 valence electrons. The number of nitrogens with zero attached hydrogens (tertiary/aromatic N) is 1. The molecule has 0 aliphatic rings. The van der Waals surface area contributed by atoms with Crippen molar-refractivity contribution in [3.8, 4) is 0 Å². The van der Waals surface area contributed by atoms with Gasteiger partial charge in [-0.25, -0.2) is 4.98 Å². The average Bonchev–Trinajstić information content (AvgIpc) is 2.68. The van der Waals surface area contributed by atoms with Crippen molar-refractivity contribution in [2.75, 3.05) is 0 Å². The van der Waals surface area contributed by atoms with Crippen LogP contribution in [-0.4, -0.2) is 4.98 Å². The Morgan fingerprint density at radius 3 is 1.96 bits per heavy atom. The van der Waals surface area contributed by atoms with Gasteiger partial charge in [-0.05, 0) is 28.8 Å². The highest BCUT2D eigenvalue weighted by Crippen LogP contribution is 2.26. The fourth-order valence-corrected chi connectivity index (χ4v) is 3.10. The monoisotopic (exact) mass is 325 g/mol. The van der Waals surface area contributed by atoms with Gasteiger partial charge < -0.3 is 4.74 Å². The number of ether oxygens (including phenoxy) is 1. The summed E-state index contributed by atoms with van der Waals surface area (Å²) in [7, 11) is 0. The lowest BCUT2D eigenvalue weighted by Crippen LogP contribution is -1.98. The molecular weight excluding hydrogens is 306 g/mol. The Morgan fingerprint density at radius 1 is 0.760 bits per heavy atom. The van der Waals surface area contributed by atoms with Crippen molar-refractivity contribution in [1.82, 2.24) is 4.98 Å². The molecule has 0 fully saturated rings. The second kappa shape index (κ2) is 6.88. The van der Waals surface area contributed by atoms with Gasteiger partial charge in [0.25, 0.3) is 0 Å². The predicted octanol–water partition coefficient (Wildman–Crippen LogP) is 5.75. The zero-order valence-corrected chi connectivity index (χ0v) is 14.0. The molecule has 0 amide bonds. The molecule has 0 aliphatic heterocycles. The minimum Gasteiger partial charge on any atom is -0.372 e. The molecular formula is C23H19NO. The summed E-state index contributed by atoms with van der Waals surface area (Å²) in [5.74, 6) is 0. The summed E-state index contributed by atoms with van der Waals surface area (Å²) in [4.78, 5) is 4.76. The second-order valence-electron chi connectivity index (χ2n) is 6.06. The van der Waals surface area contributed by atoms with Gasteiger partial charge in [-0.1, -0.05) is 73.3 Å². The van der Waals surface area contributed by atoms with E-state index in [1.165, 1.54) is 5.56 Å². The first-order chi connectivity index (χ1) is 12.3. The van der Waals surface area contributed by atoms with Crippen molar-refractivity contribution in [2.45, 2.75) is 13.2 Å². The SMILES string of the molecule is C=Cc1ccc(COCc2c3ccccc3nc3ccccc23)cc1. The molecule has 0 radical (unpaired) electrons. The molecule has 0 unspecified atom stereocenters. The minimum absolute atomic E-state index is 0.562. The molecule has 4 rings (SSSR count). The number of aromatic nitrogens is 1. The Morgan fingerprint density at radius 2 is 1.36 bits per heavy atom. The van der Waals surface area contributed by atoms with Crippen molar-refractivity contribution < 1.29 is 4.74 Å². The summed E-state index contributed by atoms with van der Waals surface area (Å²) in [6.07, 6.45) is 1.85. The van der Waals surface area contributed by atoms with E-state index in [0.29, 0.717) is 13.2 Å². The predicted molar refractivity (Wildman–Crippen MR) is 104 cm³/mol. The van der Waals surface area contributed by atoms with E-state index in [9.17, 15) is 0 Å². The van der Waals surface area contributed by atoms with Gasteiger partial charge in [0.15, 0.2) is 0 Å². The molecule has 0 spiro atoms. The van der Waals surface area contributed by atoms with E-state index in [-0.39, 0.29) is 0 Å². The standard InChI is InChI=1S/C23H19NO/c1-2-17-11-13-18(14-12-17)15-25-16-21-19-7-3-5-9-22(19)24-23-10-6-4-8-20(21)23/h2-14H,1,15-16H2. The molecule has 0 saturated heterocycles. The molecule has 0 saturated carbocycles. The first-order valence-corrected chi connectivity index (χ1v) is 8.40. The van der Waals surface area contributed by atoms with Crippen LogP contribution >= 0.6 is 0 Å². The highest BCUT2D eigenvalue weighted by molar-refractivity contribution is 5.97. The Balaban J connectivity index is 1.63. The van der Waals surface area contributed by atoms with E-state index in [2.05, 4.69) is 67.2 Å². The maximum absolute atomic E-state index is 6.04. The Labute approximate surface area is 147 Å². The van der Waals surface area contributed by atoms with Crippen LogP contribution in [0.4, 0.5) is 0 Å². The molecule has 1 aromatic heterocycles. The van der Waals surface area contributed by atoms with E-state index in [0.717, 1.165) is 32.9 Å². The lowest BCUT2D eigenvalue weighted by Gasteiger charge is -2.11. The van der Waals surface area contributed by atoms with E-state index in [1.54, 1.807) is 0 Å². The van der Waals surface area contributed by atoms with Crippen molar-refractivity contribution in [1.29, 1.82) is 0 Å². The van der Waals surface area contributed by atoms with E-state index in [4.69, 9.17) is 9.72 Å². The molecule has 2 nitrogen and oxygen atoms in total. The van der Waals surface area contributed by atoms with Gasteiger partial charge in [0.2, 0.25) is 0 Å². The van der Waals surface area contributed by atoms with Gasteiger partial charge in [-0.15, -0.1) is 0 Å². The second-order valence-corrected chi connectivity index (χ2v) is 6.06. The smallest absolute Gasteiger partial charge is 0.0734 e. The van der Waals surface area contributed by atoms with Crippen LogP contribution in [0.1, 0.15) is 16.7 Å². The fourth-order valence-electron chi connectivity index (χ4n) is 3.10. The van der Waals surface area contributed by atoms with Crippen molar-refractivity contribution in [3.63, 3.8) is 0 Å². The highest BCUT2D eigenvalue weighted by Gasteiger charge is 2.08. The van der Waals surface area contributed by atoms with E-state index >= 15 is 0 Å². The maximum atomic E-state index is 6.04. The van der Waals surface area contributed by atoms with E-state index < -0.39 is 0 Å². The molecule has 3 aromatic carbocycles. The number of hydrogen-bond donors (Lipinski definition) is 0. The largest absolute Gasteiger partial charge is 0.372 e. The van der Waals surface area contributed by atoms with Gasteiger partial charge in [0.05, 0.1) is 24.2 Å². The van der Waals surface area contributed by atoms with Crippen LogP contribution < -0.4 is 0 Å². The van der Waals surface area contributed by atoms with Gasteiger partial charge in [0, 0.05) is 10.8 Å². The van der Waals surface area contributed by atoms with Gasteiger partial charge in [-0.2, -0.15) is 0 Å². The third-order valence-corrected chi connectivity index (χ3v) is 4.43. The summed E-state index contributed by atoms with van der Waals surface area (Å²) < 4.78 is 6.04. The third kappa shape index (κ3) is 3.17. The van der Waals surface area contributed by atoms with Crippen LogP contribution in [0.25, 0.3) is 27.9 Å². The first kappa shape index (κ1) is 15.6. The Kier molecular flexibility index (Phi) is 4.28. The molecule has 0 aliphatic carbocycles. The van der Waals surface area contributed by atoms with Crippen molar-refractivity contribution in [2.24, 2.45) is 0 Å². The zero-order chi connectivity index (χ0) is 17.1. The molecule has 0 atom stereocenters. The summed E-state index contributed by atoms with van der Waals surface area (Å²) >= 11 is 0. The topological polar surface area (TPSA) is 22.1 Å². The normalized spacial score (nSPS) is 11.0. The van der Waals surface area contributed by atoms with Crippen LogP contribution in [0.15, 0.2) is 79.4 Å². The lowest BCUT2D eigenvalue weighted by atomic mass is 10.0. The number of pyridine rings is 1. The summed E-state index contributed by atoms with van der Waals surface area (Å²) in [6, 6.07) is 24.8. The number of hydrogen-bond acceptors (Lipinski definition) is 2. The average molecular weight is 325 g/mol. The summed E-state index contributed by atoms with van der Waals surface area (Å²) in [6.45, 7) is 4.93. The summed E-state index contributed by atoms with van der Waals surface area (Å²) in [5.41, 5.74) is 5.50. The van der Waals surface area contributed by atoms with Crippen molar-refractivity contribution in [3.05, 3.63) is 96.1 Å². The molecule has 4 aromatic rings. The number of benzene rings is 3.